The van der Waals surface area contributed by atoms with Gasteiger partial charge in [-0.15, -0.1) is 35.3 Å². The molecular weight excluding hydrogens is 411 g/mol. The van der Waals surface area contributed by atoms with Gasteiger partial charge in [-0.1, -0.05) is 18.2 Å². The first-order chi connectivity index (χ1) is 10.3. The van der Waals surface area contributed by atoms with Crippen molar-refractivity contribution in [2.45, 2.75) is 6.54 Å². The average molecular weight is 426 g/mol. The summed E-state index contributed by atoms with van der Waals surface area (Å²) in [7, 11) is 0. The molecule has 2 aromatic heterocycles. The largest absolute Gasteiger partial charge is 0.462 e. The number of nitrogens with two attached hydrogens (primary N) is 1. The minimum Gasteiger partial charge on any atom is -0.462 e. The summed E-state index contributed by atoms with van der Waals surface area (Å²) in [6, 6.07) is 13.4. The van der Waals surface area contributed by atoms with E-state index in [9.17, 15) is 0 Å². The van der Waals surface area contributed by atoms with E-state index >= 15 is 0 Å². The fourth-order valence-corrected chi connectivity index (χ4v) is 2.55. The Balaban J connectivity index is 0.00000176. The summed E-state index contributed by atoms with van der Waals surface area (Å²) in [5.41, 5.74) is 7.63. The van der Waals surface area contributed by atoms with Crippen LogP contribution in [0.2, 0.25) is 0 Å². The predicted molar refractivity (Wildman–Crippen MR) is 101 cm³/mol. The van der Waals surface area contributed by atoms with E-state index in [1.54, 1.807) is 6.26 Å². The molecule has 3 N–H and O–H groups in total. The van der Waals surface area contributed by atoms with Gasteiger partial charge in [-0.2, -0.15) is 0 Å². The molecule has 0 saturated heterocycles. The average Bonchev–Trinajstić information content (AvgIpc) is 3.17. The van der Waals surface area contributed by atoms with Crippen molar-refractivity contribution in [2.24, 2.45) is 10.7 Å². The van der Waals surface area contributed by atoms with Crippen LogP contribution in [0.5, 0.6) is 0 Å². The van der Waals surface area contributed by atoms with Crippen molar-refractivity contribution in [1.29, 1.82) is 0 Å². The third-order valence-corrected chi connectivity index (χ3v) is 3.65. The van der Waals surface area contributed by atoms with Gasteiger partial charge in [-0.25, -0.2) is 9.98 Å². The van der Waals surface area contributed by atoms with Crippen LogP contribution < -0.4 is 11.1 Å². The van der Waals surface area contributed by atoms with Crippen molar-refractivity contribution in [3.8, 4) is 10.8 Å². The molecule has 3 rings (SSSR count). The lowest BCUT2D eigenvalue weighted by molar-refractivity contribution is 0.581. The number of guanidine groups is 1. The zero-order valence-electron chi connectivity index (χ0n) is 11.6. The third-order valence-electron chi connectivity index (χ3n) is 2.74. The minimum atomic E-state index is 0. The Labute approximate surface area is 149 Å². The summed E-state index contributed by atoms with van der Waals surface area (Å²) in [5, 5.41) is 5.83. The van der Waals surface area contributed by atoms with Gasteiger partial charge in [0.2, 0.25) is 0 Å². The second kappa shape index (κ2) is 7.95. The van der Waals surface area contributed by atoms with Crippen LogP contribution in [0.4, 0.5) is 5.69 Å². The molecule has 0 aliphatic rings. The quantitative estimate of drug-likeness (QED) is 0.376. The standard InChI is InChI=1S/C15H14N4OS.HI/c16-15(19-11-5-2-1-3-6-11)17-9-12-10-21-14(18-12)13-7-4-8-20-13;/h1-8,10H,9H2,(H3,16,17,19);1H. The van der Waals surface area contributed by atoms with Gasteiger partial charge in [0.05, 0.1) is 18.5 Å². The van der Waals surface area contributed by atoms with Crippen LogP contribution >= 0.6 is 35.3 Å². The summed E-state index contributed by atoms with van der Waals surface area (Å²) in [4.78, 5) is 8.75. The molecule has 0 spiro atoms. The fraction of sp³-hybridized carbons (Fsp3) is 0.0667. The van der Waals surface area contributed by atoms with Gasteiger partial charge in [-0.05, 0) is 24.3 Å². The molecule has 0 amide bonds. The molecule has 7 heteroatoms. The molecule has 1 aromatic carbocycles. The number of anilines is 1. The third kappa shape index (κ3) is 4.31. The number of hydrogen-bond donors (Lipinski definition) is 2. The molecule has 0 saturated carbocycles. The van der Waals surface area contributed by atoms with E-state index in [1.165, 1.54) is 11.3 Å². The Morgan fingerprint density at radius 3 is 2.77 bits per heavy atom. The summed E-state index contributed by atoms with van der Waals surface area (Å²) in [6.07, 6.45) is 1.64. The zero-order valence-corrected chi connectivity index (χ0v) is 14.7. The zero-order chi connectivity index (χ0) is 14.5. The number of aliphatic imine (C=N–C) groups is 1. The maximum absolute atomic E-state index is 5.85. The van der Waals surface area contributed by atoms with Gasteiger partial charge < -0.3 is 15.5 Å². The molecule has 0 radical (unpaired) electrons. The molecule has 114 valence electrons. The Kier molecular flexibility index (Phi) is 5.96. The topological polar surface area (TPSA) is 76.4 Å². The van der Waals surface area contributed by atoms with E-state index < -0.39 is 0 Å². The molecule has 0 aliphatic heterocycles. The Hall–Kier alpha value is -1.87. The van der Waals surface area contributed by atoms with Gasteiger partial charge in [0, 0.05) is 11.1 Å². The van der Waals surface area contributed by atoms with Crippen LogP contribution in [-0.4, -0.2) is 10.9 Å². The van der Waals surface area contributed by atoms with Crippen molar-refractivity contribution >= 4 is 47.0 Å². The number of halogens is 1. The van der Waals surface area contributed by atoms with Gasteiger partial charge in [0.25, 0.3) is 0 Å². The highest BCUT2D eigenvalue weighted by molar-refractivity contribution is 14.0. The fourth-order valence-electron chi connectivity index (χ4n) is 1.77. The van der Waals surface area contributed by atoms with E-state index in [0.29, 0.717) is 12.5 Å². The molecular formula is C15H15IN4OS. The molecule has 3 aromatic rings. The molecule has 2 heterocycles. The molecule has 22 heavy (non-hydrogen) atoms. The summed E-state index contributed by atoms with van der Waals surface area (Å²) < 4.78 is 5.31. The number of para-hydroxylation sites is 1. The number of benzene rings is 1. The Morgan fingerprint density at radius 1 is 1.23 bits per heavy atom. The number of nitrogens with one attached hydrogen (secondary N) is 1. The van der Waals surface area contributed by atoms with Crippen molar-refractivity contribution in [3.05, 3.63) is 59.8 Å². The number of hydrogen-bond acceptors (Lipinski definition) is 4. The van der Waals surface area contributed by atoms with Crippen LogP contribution in [-0.2, 0) is 6.54 Å². The monoisotopic (exact) mass is 426 g/mol. The van der Waals surface area contributed by atoms with E-state index in [2.05, 4.69) is 15.3 Å². The van der Waals surface area contributed by atoms with Gasteiger partial charge >= 0.3 is 0 Å². The van der Waals surface area contributed by atoms with Crippen LogP contribution in [0, 0.1) is 0 Å². The van der Waals surface area contributed by atoms with Crippen molar-refractivity contribution in [2.75, 3.05) is 5.32 Å². The maximum Gasteiger partial charge on any atom is 0.193 e. The number of furan rings is 1. The number of nitrogens with zero attached hydrogens (tertiary/aromatic N) is 2. The number of rotatable bonds is 4. The van der Waals surface area contributed by atoms with Crippen molar-refractivity contribution in [3.63, 3.8) is 0 Å². The SMILES string of the molecule is I.NC(=NCc1csc(-c2ccco2)n1)Nc1ccccc1. The highest BCUT2D eigenvalue weighted by Gasteiger charge is 2.06. The highest BCUT2D eigenvalue weighted by atomic mass is 127. The number of aromatic nitrogens is 1. The van der Waals surface area contributed by atoms with Crippen LogP contribution in [0.25, 0.3) is 10.8 Å². The normalized spacial score (nSPS) is 11.0. The Bertz CT molecular complexity index is 725. The second-order valence-corrected chi connectivity index (χ2v) is 5.17. The van der Waals surface area contributed by atoms with Crippen LogP contribution in [0.1, 0.15) is 5.69 Å². The molecule has 0 atom stereocenters. The Morgan fingerprint density at radius 2 is 2.05 bits per heavy atom. The van der Waals surface area contributed by atoms with E-state index in [0.717, 1.165) is 22.1 Å². The first kappa shape index (κ1) is 16.5. The molecule has 0 unspecified atom stereocenters. The lowest BCUT2D eigenvalue weighted by atomic mass is 10.3. The molecule has 0 aliphatic carbocycles. The molecule has 5 nitrogen and oxygen atoms in total. The second-order valence-electron chi connectivity index (χ2n) is 4.31. The summed E-state index contributed by atoms with van der Waals surface area (Å²) in [6.45, 7) is 0.433. The smallest absolute Gasteiger partial charge is 0.193 e. The number of thiazole rings is 1. The lowest BCUT2D eigenvalue weighted by Crippen LogP contribution is -2.22. The van der Waals surface area contributed by atoms with Gasteiger partial charge in [0.15, 0.2) is 16.7 Å². The van der Waals surface area contributed by atoms with Crippen LogP contribution in [0.15, 0.2) is 63.5 Å². The molecule has 0 fully saturated rings. The molecule has 0 bridgehead atoms. The lowest BCUT2D eigenvalue weighted by Gasteiger charge is -2.04. The van der Waals surface area contributed by atoms with E-state index in [-0.39, 0.29) is 24.0 Å². The van der Waals surface area contributed by atoms with Crippen molar-refractivity contribution in [1.82, 2.24) is 4.98 Å². The van der Waals surface area contributed by atoms with Gasteiger partial charge in [0.1, 0.15) is 0 Å². The summed E-state index contributed by atoms with van der Waals surface area (Å²) >= 11 is 1.53. The minimum absolute atomic E-state index is 0. The van der Waals surface area contributed by atoms with Crippen LogP contribution in [0.3, 0.4) is 0 Å². The first-order valence-electron chi connectivity index (χ1n) is 6.41. The maximum atomic E-state index is 5.85. The van der Waals surface area contributed by atoms with Gasteiger partial charge in [-0.3, -0.25) is 0 Å². The van der Waals surface area contributed by atoms with E-state index in [1.807, 2.05) is 47.8 Å². The first-order valence-corrected chi connectivity index (χ1v) is 7.29. The highest BCUT2D eigenvalue weighted by Crippen LogP contribution is 2.24. The summed E-state index contributed by atoms with van der Waals surface area (Å²) in [5.74, 6) is 1.14. The van der Waals surface area contributed by atoms with Crippen molar-refractivity contribution < 1.29 is 4.42 Å². The van der Waals surface area contributed by atoms with E-state index in [4.69, 9.17) is 10.2 Å². The predicted octanol–water partition coefficient (Wildman–Crippen LogP) is 3.95.